The van der Waals surface area contributed by atoms with Gasteiger partial charge in [-0.3, -0.25) is 4.79 Å². The quantitative estimate of drug-likeness (QED) is 0.155. The first-order chi connectivity index (χ1) is 35.2. The molecule has 73 heavy (non-hydrogen) atoms. The number of aromatic nitrogens is 2. The van der Waals surface area contributed by atoms with Gasteiger partial charge in [0.05, 0.1) is 48.3 Å². The predicted octanol–water partition coefficient (Wildman–Crippen LogP) is 12.2. The molecule has 1 saturated heterocycles. The average molecular weight is 985 g/mol. The van der Waals surface area contributed by atoms with Crippen LogP contribution in [0.25, 0.3) is 56.5 Å². The number of rotatable bonds is 6. The zero-order valence-electron chi connectivity index (χ0n) is 42.2. The van der Waals surface area contributed by atoms with Crippen LogP contribution in [0.15, 0.2) is 96.1 Å². The van der Waals surface area contributed by atoms with Crippen molar-refractivity contribution < 1.29 is 43.7 Å². The molecule has 3 fully saturated rings. The molecule has 5 aliphatic rings. The lowest BCUT2D eigenvalue weighted by atomic mass is 9.81. The highest BCUT2D eigenvalue weighted by Crippen LogP contribution is 2.48. The molecule has 2 aliphatic carbocycles. The summed E-state index contributed by atoms with van der Waals surface area (Å²) in [5, 5.41) is 21.9. The van der Waals surface area contributed by atoms with E-state index in [4.69, 9.17) is 9.47 Å². The lowest BCUT2D eigenvalue weighted by molar-refractivity contribution is -0.132. The number of hydrogen-bond donors (Lipinski definition) is 2. The summed E-state index contributed by atoms with van der Waals surface area (Å²) in [5.41, 5.74) is 11.7. The number of aromatic carboxylic acids is 1. The van der Waals surface area contributed by atoms with Crippen molar-refractivity contribution in [2.45, 2.75) is 116 Å². The van der Waals surface area contributed by atoms with Crippen LogP contribution in [0, 0.1) is 0 Å². The van der Waals surface area contributed by atoms with E-state index in [0.717, 1.165) is 81.1 Å². The number of carboxylic acid groups (broad SMARTS) is 2. The molecule has 13 heteroatoms. The molecule has 13 nitrogen and oxygen atoms in total. The highest BCUT2D eigenvalue weighted by atomic mass is 16.6. The predicted molar refractivity (Wildman–Crippen MR) is 283 cm³/mol. The number of carboxylic acids is 2. The number of fused-ring (bicyclic) bond motifs is 10. The van der Waals surface area contributed by atoms with Crippen LogP contribution in [0.5, 0.6) is 0 Å². The van der Waals surface area contributed by atoms with E-state index in [9.17, 15) is 34.2 Å². The van der Waals surface area contributed by atoms with Crippen LogP contribution in [0.4, 0.5) is 4.79 Å². The second kappa shape index (κ2) is 20.2. The van der Waals surface area contributed by atoms with E-state index in [1.165, 1.54) is 56.8 Å². The number of amides is 2. The Morgan fingerprint density at radius 3 is 1.52 bits per heavy atom. The number of hydrogen-bond acceptors (Lipinski definition) is 7. The fourth-order valence-electron chi connectivity index (χ4n) is 12.0. The third-order valence-corrected chi connectivity index (χ3v) is 15.4. The van der Waals surface area contributed by atoms with Crippen molar-refractivity contribution in [3.63, 3.8) is 0 Å². The summed E-state index contributed by atoms with van der Waals surface area (Å²) in [6, 6.07) is 27.3. The number of esters is 1. The minimum Gasteiger partial charge on any atom is -0.478 e. The third kappa shape index (κ3) is 9.69. The summed E-state index contributed by atoms with van der Waals surface area (Å²) in [6.07, 6.45) is 15.2. The minimum atomic E-state index is -0.963. The summed E-state index contributed by atoms with van der Waals surface area (Å²) < 4.78 is 14.7. The zero-order chi connectivity index (χ0) is 51.1. The van der Waals surface area contributed by atoms with Gasteiger partial charge in [0.1, 0.15) is 5.60 Å². The SMILES string of the molecule is CC(C)(C)OC(=O)N1CCN(C(=O)C2=Cc3ccccc3-c3c(C4CCCCC4)c4ccc(C(=O)O)cc4n3C2)CC1.COC(=O)c1ccc2c(C3CCCCC3)c3n(c2c1)CC(C(=O)O)=Cc1ccccc1-3. The Labute approximate surface area is 425 Å². The maximum absolute atomic E-state index is 14.1. The fraction of sp³-hybridized carbons (Fsp3) is 0.383. The Bertz CT molecular complexity index is 3240. The Morgan fingerprint density at radius 1 is 0.562 bits per heavy atom. The summed E-state index contributed by atoms with van der Waals surface area (Å²) in [4.78, 5) is 66.4. The van der Waals surface area contributed by atoms with E-state index in [0.29, 0.717) is 61.3 Å². The van der Waals surface area contributed by atoms with Crippen LogP contribution in [0.1, 0.15) is 140 Å². The maximum atomic E-state index is 14.1. The molecule has 2 saturated carbocycles. The monoisotopic (exact) mass is 984 g/mol. The zero-order valence-corrected chi connectivity index (χ0v) is 42.2. The molecule has 3 aliphatic heterocycles. The first-order valence-corrected chi connectivity index (χ1v) is 25.9. The van der Waals surface area contributed by atoms with Gasteiger partial charge >= 0.3 is 24.0 Å². The molecule has 5 heterocycles. The first kappa shape index (κ1) is 49.2. The Balaban J connectivity index is 0.000000175. The number of carbonyl (C=O) groups is 5. The second-order valence-electron chi connectivity index (χ2n) is 21.2. The number of ether oxygens (including phenoxy) is 2. The van der Waals surface area contributed by atoms with E-state index in [2.05, 4.69) is 27.3 Å². The van der Waals surface area contributed by atoms with Gasteiger partial charge in [-0.2, -0.15) is 0 Å². The Kier molecular flexibility index (Phi) is 13.6. The first-order valence-electron chi connectivity index (χ1n) is 25.9. The highest BCUT2D eigenvalue weighted by Gasteiger charge is 2.34. The van der Waals surface area contributed by atoms with Gasteiger partial charge in [-0.05, 0) is 117 Å². The van der Waals surface area contributed by atoms with Gasteiger partial charge in [0, 0.05) is 64.7 Å². The van der Waals surface area contributed by atoms with Gasteiger partial charge in [0.25, 0.3) is 5.91 Å². The van der Waals surface area contributed by atoms with Crippen LogP contribution in [0.3, 0.4) is 0 Å². The molecule has 0 atom stereocenters. The van der Waals surface area contributed by atoms with E-state index in [-0.39, 0.29) is 30.1 Å². The van der Waals surface area contributed by atoms with Crippen LogP contribution in [0.2, 0.25) is 0 Å². The number of piperazine rings is 1. The van der Waals surface area contributed by atoms with Crippen LogP contribution < -0.4 is 0 Å². The minimum absolute atomic E-state index is 0.0584. The molecule has 2 aromatic heterocycles. The molecule has 4 aromatic carbocycles. The number of benzene rings is 4. The lowest BCUT2D eigenvalue weighted by Crippen LogP contribution is -2.52. The van der Waals surface area contributed by atoms with Crippen molar-refractivity contribution in [2.75, 3.05) is 33.3 Å². The summed E-state index contributed by atoms with van der Waals surface area (Å²) in [6.45, 7) is 7.82. The third-order valence-electron chi connectivity index (χ3n) is 15.4. The number of carbonyl (C=O) groups excluding carboxylic acids is 3. The van der Waals surface area contributed by atoms with E-state index < -0.39 is 17.5 Å². The standard InChI is InChI=1S/C34H39N3O5.C26H25NO4/c1-34(2,3)42-33(41)36-17-15-35(16-18-36)31(38)25-19-23-11-7-8-12-26(23)30-29(22-9-5-4-6-10-22)27-14-13-24(32(39)40)20-28(27)37(30)21-25;1-31-26(30)18-11-12-21-22(14-18)27-15-19(25(28)29)13-17-9-5-6-10-20(17)24(27)23(21)16-7-3-2-4-8-16/h7-8,11-14,19-20,22H,4-6,9-10,15-18,21H2,1-3H3,(H,39,40);5-6,9-14,16H,2-4,7-8,15H2,1H3,(H,28,29). The van der Waals surface area contributed by atoms with E-state index in [1.54, 1.807) is 23.1 Å². The van der Waals surface area contributed by atoms with Crippen LogP contribution in [-0.4, -0.2) is 97.9 Å². The topological polar surface area (TPSA) is 161 Å². The molecule has 2 N–H and O–H groups in total. The normalized spacial score (nSPS) is 17.1. The van der Waals surface area contributed by atoms with Crippen molar-refractivity contribution in [1.82, 2.24) is 18.9 Å². The molecule has 378 valence electrons. The fourth-order valence-corrected chi connectivity index (χ4v) is 12.0. The number of nitrogens with zero attached hydrogens (tertiary/aromatic N) is 4. The molecule has 0 bridgehead atoms. The van der Waals surface area contributed by atoms with E-state index >= 15 is 0 Å². The molecule has 0 radical (unpaired) electrons. The molecule has 2 amide bonds. The maximum Gasteiger partial charge on any atom is 0.410 e. The van der Waals surface area contributed by atoms with Gasteiger partial charge in [-0.1, -0.05) is 99.2 Å². The lowest BCUT2D eigenvalue weighted by Gasteiger charge is -2.36. The molecule has 6 aromatic rings. The Hall–Kier alpha value is -7.41. The van der Waals surface area contributed by atoms with Crippen molar-refractivity contribution in [2.24, 2.45) is 0 Å². The Morgan fingerprint density at radius 2 is 1.03 bits per heavy atom. The van der Waals surface area contributed by atoms with Gasteiger partial charge in [-0.15, -0.1) is 0 Å². The van der Waals surface area contributed by atoms with Gasteiger partial charge < -0.3 is 38.6 Å². The van der Waals surface area contributed by atoms with Crippen molar-refractivity contribution in [3.05, 3.63) is 129 Å². The van der Waals surface area contributed by atoms with Crippen LogP contribution in [-0.2, 0) is 32.2 Å². The molecular weight excluding hydrogens is 921 g/mol. The molecule has 11 rings (SSSR count). The van der Waals surface area contributed by atoms with Crippen molar-refractivity contribution in [1.29, 1.82) is 0 Å². The van der Waals surface area contributed by atoms with Crippen LogP contribution >= 0.6 is 0 Å². The number of methoxy groups -OCH3 is 1. The molecule has 0 spiro atoms. The summed E-state index contributed by atoms with van der Waals surface area (Å²) in [5.74, 6) is -1.52. The average Bonchev–Trinajstić information content (AvgIpc) is 3.74. The summed E-state index contributed by atoms with van der Waals surface area (Å²) >= 11 is 0. The van der Waals surface area contributed by atoms with Crippen molar-refractivity contribution in [3.8, 4) is 22.5 Å². The largest absolute Gasteiger partial charge is 0.478 e. The molecular formula is C60H64N4O9. The van der Waals surface area contributed by atoms with Gasteiger partial charge in [0.15, 0.2) is 0 Å². The smallest absolute Gasteiger partial charge is 0.410 e. The van der Waals surface area contributed by atoms with Gasteiger partial charge in [0.2, 0.25) is 0 Å². The summed E-state index contributed by atoms with van der Waals surface area (Å²) in [7, 11) is 1.38. The second-order valence-corrected chi connectivity index (χ2v) is 21.2. The van der Waals surface area contributed by atoms with Crippen molar-refractivity contribution >= 4 is 63.9 Å². The number of aliphatic carboxylic acids is 1. The van der Waals surface area contributed by atoms with Gasteiger partial charge in [-0.25, -0.2) is 19.2 Å². The molecule has 0 unspecified atom stereocenters. The van der Waals surface area contributed by atoms with E-state index in [1.807, 2.05) is 86.3 Å². The highest BCUT2D eigenvalue weighted by molar-refractivity contribution is 6.04.